The van der Waals surface area contributed by atoms with Gasteiger partial charge in [-0.3, -0.25) is 9.69 Å². The van der Waals surface area contributed by atoms with Crippen molar-refractivity contribution in [2.75, 3.05) is 13.6 Å². The second-order valence-corrected chi connectivity index (χ2v) is 4.30. The molecule has 1 amide bonds. The molecule has 2 rings (SSSR count). The number of rotatable bonds is 1. The minimum atomic E-state index is 0.0903. The van der Waals surface area contributed by atoms with Crippen molar-refractivity contribution in [1.29, 1.82) is 0 Å². The summed E-state index contributed by atoms with van der Waals surface area (Å²) in [4.78, 5) is 14.4. The van der Waals surface area contributed by atoms with Gasteiger partial charge in [-0.2, -0.15) is 0 Å². The summed E-state index contributed by atoms with van der Waals surface area (Å²) in [5, 5.41) is 5.00. The van der Waals surface area contributed by atoms with Gasteiger partial charge in [-0.25, -0.2) is 0 Å². The fourth-order valence-corrected chi connectivity index (χ4v) is 2.60. The minimum Gasteiger partial charge on any atom is -0.335 e. The fraction of sp³-hybridized carbons (Fsp3) is 0.444. The van der Waals surface area contributed by atoms with Crippen LogP contribution in [0.15, 0.2) is 11.4 Å². The molecule has 4 heteroatoms. The maximum atomic E-state index is 11.1. The molecule has 70 valence electrons. The second-order valence-electron chi connectivity index (χ2n) is 3.35. The molecule has 0 radical (unpaired) electrons. The number of likely N-dealkylation sites (N-methyl/N-ethyl adjacent to an activating group) is 1. The minimum absolute atomic E-state index is 0.0903. The van der Waals surface area contributed by atoms with Crippen molar-refractivity contribution in [2.24, 2.45) is 0 Å². The first-order valence-corrected chi connectivity index (χ1v) is 5.10. The quantitative estimate of drug-likeness (QED) is 0.730. The Balaban J connectivity index is 2.27. The zero-order valence-electron chi connectivity index (χ0n) is 7.70. The summed E-state index contributed by atoms with van der Waals surface area (Å²) in [5.41, 5.74) is 1.25. The standard InChI is InChI=1S/C9H12N2OS/c1-6-3-4-13-8(6)9-10-7(12)5-11(9)2/h3-4,9H,5H2,1-2H3,(H,10,12). The first-order valence-electron chi connectivity index (χ1n) is 4.22. The average Bonchev–Trinajstić information content (AvgIpc) is 2.58. The van der Waals surface area contributed by atoms with Gasteiger partial charge in [-0.15, -0.1) is 11.3 Å². The van der Waals surface area contributed by atoms with Crippen molar-refractivity contribution in [3.8, 4) is 0 Å². The van der Waals surface area contributed by atoms with Crippen LogP contribution in [0, 0.1) is 6.92 Å². The topological polar surface area (TPSA) is 32.3 Å². The number of thiophene rings is 1. The van der Waals surface area contributed by atoms with E-state index >= 15 is 0 Å². The molecule has 0 saturated carbocycles. The third kappa shape index (κ3) is 1.47. The van der Waals surface area contributed by atoms with Gasteiger partial charge in [0.1, 0.15) is 6.17 Å². The highest BCUT2D eigenvalue weighted by atomic mass is 32.1. The van der Waals surface area contributed by atoms with Gasteiger partial charge >= 0.3 is 0 Å². The molecular formula is C9H12N2OS. The van der Waals surface area contributed by atoms with Gasteiger partial charge in [0.05, 0.1) is 6.54 Å². The van der Waals surface area contributed by atoms with Crippen LogP contribution in [0.3, 0.4) is 0 Å². The number of aryl methyl sites for hydroxylation is 1. The van der Waals surface area contributed by atoms with Gasteiger partial charge < -0.3 is 5.32 Å². The lowest BCUT2D eigenvalue weighted by atomic mass is 10.2. The molecule has 0 aromatic carbocycles. The summed E-state index contributed by atoms with van der Waals surface area (Å²) in [6.07, 6.45) is 0.0903. The van der Waals surface area contributed by atoms with Crippen LogP contribution in [0.5, 0.6) is 0 Å². The molecule has 13 heavy (non-hydrogen) atoms. The Morgan fingerprint density at radius 1 is 1.69 bits per heavy atom. The number of nitrogens with zero attached hydrogens (tertiary/aromatic N) is 1. The van der Waals surface area contributed by atoms with Gasteiger partial charge in [0.2, 0.25) is 5.91 Å². The average molecular weight is 196 g/mol. The lowest BCUT2D eigenvalue weighted by molar-refractivity contribution is -0.118. The van der Waals surface area contributed by atoms with Crippen LogP contribution in [0.25, 0.3) is 0 Å². The molecule has 1 fully saturated rings. The molecule has 1 unspecified atom stereocenters. The second kappa shape index (κ2) is 3.12. The zero-order valence-corrected chi connectivity index (χ0v) is 8.52. The van der Waals surface area contributed by atoms with Crippen molar-refractivity contribution >= 4 is 17.2 Å². The van der Waals surface area contributed by atoms with Crippen LogP contribution in [0.2, 0.25) is 0 Å². The molecule has 3 nitrogen and oxygen atoms in total. The summed E-state index contributed by atoms with van der Waals surface area (Å²) >= 11 is 1.70. The van der Waals surface area contributed by atoms with E-state index in [1.54, 1.807) is 11.3 Å². The number of nitrogens with one attached hydrogen (secondary N) is 1. The number of carbonyl (C=O) groups excluding carboxylic acids is 1. The summed E-state index contributed by atoms with van der Waals surface area (Å²) in [6.45, 7) is 2.58. The van der Waals surface area contributed by atoms with E-state index in [2.05, 4.69) is 23.7 Å². The van der Waals surface area contributed by atoms with Gasteiger partial charge in [0.15, 0.2) is 0 Å². The molecule has 1 aromatic heterocycles. The van der Waals surface area contributed by atoms with E-state index in [4.69, 9.17) is 0 Å². The Morgan fingerprint density at radius 3 is 2.92 bits per heavy atom. The SMILES string of the molecule is Cc1ccsc1C1NC(=O)CN1C. The summed E-state index contributed by atoms with van der Waals surface area (Å²) in [5.74, 6) is 0.111. The molecule has 1 aromatic rings. The van der Waals surface area contributed by atoms with Crippen LogP contribution in [0.4, 0.5) is 0 Å². The van der Waals surface area contributed by atoms with Crippen molar-refractivity contribution in [3.63, 3.8) is 0 Å². The van der Waals surface area contributed by atoms with E-state index in [-0.39, 0.29) is 12.1 Å². The smallest absolute Gasteiger partial charge is 0.235 e. The molecule has 0 bridgehead atoms. The van der Waals surface area contributed by atoms with Crippen molar-refractivity contribution < 1.29 is 4.79 Å². The molecule has 0 aliphatic carbocycles. The lowest BCUT2D eigenvalue weighted by Gasteiger charge is -2.17. The lowest BCUT2D eigenvalue weighted by Crippen LogP contribution is -2.24. The van der Waals surface area contributed by atoms with E-state index in [1.165, 1.54) is 10.4 Å². The van der Waals surface area contributed by atoms with Gasteiger partial charge in [-0.05, 0) is 31.0 Å². The molecule has 2 heterocycles. The summed E-state index contributed by atoms with van der Waals surface area (Å²) < 4.78 is 0. The predicted octanol–water partition coefficient (Wildman–Crippen LogP) is 1.12. The van der Waals surface area contributed by atoms with E-state index < -0.39 is 0 Å². The Hall–Kier alpha value is -0.870. The highest BCUT2D eigenvalue weighted by molar-refractivity contribution is 7.10. The molecular weight excluding hydrogens is 184 g/mol. The van der Waals surface area contributed by atoms with Crippen LogP contribution >= 0.6 is 11.3 Å². The largest absolute Gasteiger partial charge is 0.335 e. The Labute approximate surface area is 81.4 Å². The van der Waals surface area contributed by atoms with Crippen molar-refractivity contribution in [2.45, 2.75) is 13.1 Å². The number of carbonyl (C=O) groups is 1. The van der Waals surface area contributed by atoms with Crippen LogP contribution in [-0.2, 0) is 4.79 Å². The monoisotopic (exact) mass is 196 g/mol. The molecule has 1 atom stereocenters. The third-order valence-electron chi connectivity index (χ3n) is 2.28. The Morgan fingerprint density at radius 2 is 2.46 bits per heavy atom. The number of amides is 1. The molecule has 1 saturated heterocycles. The van der Waals surface area contributed by atoms with E-state index in [0.29, 0.717) is 6.54 Å². The van der Waals surface area contributed by atoms with E-state index in [1.807, 2.05) is 11.9 Å². The predicted molar refractivity (Wildman–Crippen MR) is 52.6 cm³/mol. The normalized spacial score (nSPS) is 23.5. The van der Waals surface area contributed by atoms with E-state index in [9.17, 15) is 4.79 Å². The first kappa shape index (κ1) is 8.72. The maximum absolute atomic E-state index is 11.1. The highest BCUT2D eigenvalue weighted by Gasteiger charge is 2.29. The van der Waals surface area contributed by atoms with Gasteiger partial charge in [0.25, 0.3) is 0 Å². The summed E-state index contributed by atoms with van der Waals surface area (Å²) in [6, 6.07) is 2.08. The fourth-order valence-electron chi connectivity index (χ4n) is 1.56. The van der Waals surface area contributed by atoms with Crippen molar-refractivity contribution in [1.82, 2.24) is 10.2 Å². The Kier molecular flexibility index (Phi) is 2.09. The van der Waals surface area contributed by atoms with Crippen LogP contribution < -0.4 is 5.32 Å². The van der Waals surface area contributed by atoms with E-state index in [0.717, 1.165) is 0 Å². The maximum Gasteiger partial charge on any atom is 0.235 e. The molecule has 1 aliphatic heterocycles. The number of hydrogen-bond acceptors (Lipinski definition) is 3. The summed E-state index contributed by atoms with van der Waals surface area (Å²) in [7, 11) is 1.96. The first-order chi connectivity index (χ1) is 6.18. The van der Waals surface area contributed by atoms with Crippen LogP contribution in [-0.4, -0.2) is 24.4 Å². The van der Waals surface area contributed by atoms with Gasteiger partial charge in [0, 0.05) is 4.88 Å². The highest BCUT2D eigenvalue weighted by Crippen LogP contribution is 2.27. The molecule has 0 spiro atoms. The van der Waals surface area contributed by atoms with Crippen molar-refractivity contribution in [3.05, 3.63) is 21.9 Å². The third-order valence-corrected chi connectivity index (χ3v) is 3.35. The van der Waals surface area contributed by atoms with Crippen LogP contribution in [0.1, 0.15) is 16.6 Å². The number of hydrogen-bond donors (Lipinski definition) is 1. The molecule has 1 N–H and O–H groups in total. The zero-order chi connectivity index (χ0) is 9.42. The molecule has 1 aliphatic rings. The Bertz CT molecular complexity index is 334. The van der Waals surface area contributed by atoms with Gasteiger partial charge in [-0.1, -0.05) is 0 Å².